The highest BCUT2D eigenvalue weighted by Gasteiger charge is 2.26. The predicted octanol–water partition coefficient (Wildman–Crippen LogP) is 5.17. The second-order valence-electron chi connectivity index (χ2n) is 9.71. The Balaban J connectivity index is 1.50. The largest absolute Gasteiger partial charge is 0.497 e. The van der Waals surface area contributed by atoms with Crippen molar-refractivity contribution in [2.75, 3.05) is 7.11 Å². The molecule has 0 unspecified atom stereocenters. The van der Waals surface area contributed by atoms with Crippen molar-refractivity contribution in [1.29, 1.82) is 0 Å². The highest BCUT2D eigenvalue weighted by atomic mass is 19.1. The first-order chi connectivity index (χ1) is 18.9. The smallest absolute Gasteiger partial charge is 0.252 e. The minimum atomic E-state index is -0.290. The number of hydrogen-bond donors (Lipinski definition) is 1. The molecule has 0 bridgehead atoms. The molecule has 5 rings (SSSR count). The van der Waals surface area contributed by atoms with Gasteiger partial charge in [-0.15, -0.1) is 5.10 Å². The second kappa shape index (κ2) is 11.6. The van der Waals surface area contributed by atoms with Crippen LogP contribution in [0.25, 0.3) is 10.9 Å². The first kappa shape index (κ1) is 26.2. The van der Waals surface area contributed by atoms with Crippen LogP contribution in [0.4, 0.5) is 4.39 Å². The number of nitrogens with zero attached hydrogens (tertiary/aromatic N) is 5. The molecule has 2 aromatic heterocycles. The molecule has 0 radical (unpaired) electrons. The molecule has 2 heterocycles. The fourth-order valence-corrected chi connectivity index (χ4v) is 4.88. The van der Waals surface area contributed by atoms with E-state index in [0.717, 1.165) is 33.3 Å². The zero-order valence-electron chi connectivity index (χ0n) is 22.3. The zero-order chi connectivity index (χ0) is 27.4. The van der Waals surface area contributed by atoms with Crippen LogP contribution in [0.15, 0.2) is 77.6 Å². The number of halogens is 1. The van der Waals surface area contributed by atoms with Crippen LogP contribution in [0.2, 0.25) is 0 Å². The summed E-state index contributed by atoms with van der Waals surface area (Å²) >= 11 is 0. The molecule has 0 aliphatic rings. The number of benzene rings is 3. The van der Waals surface area contributed by atoms with Gasteiger partial charge in [0.1, 0.15) is 11.6 Å². The molecule has 0 saturated heterocycles. The molecule has 200 valence electrons. The van der Waals surface area contributed by atoms with Gasteiger partial charge < -0.3 is 9.72 Å². The van der Waals surface area contributed by atoms with Crippen LogP contribution in [0.3, 0.4) is 0 Å². The van der Waals surface area contributed by atoms with Crippen LogP contribution in [0, 0.1) is 12.7 Å². The Labute approximate surface area is 226 Å². The molecule has 8 nitrogen and oxygen atoms in total. The van der Waals surface area contributed by atoms with Gasteiger partial charge in [-0.1, -0.05) is 42.8 Å². The number of methoxy groups -OCH3 is 1. The lowest BCUT2D eigenvalue weighted by Crippen LogP contribution is -2.32. The van der Waals surface area contributed by atoms with E-state index in [-0.39, 0.29) is 17.4 Å². The zero-order valence-corrected chi connectivity index (χ0v) is 22.3. The lowest BCUT2D eigenvalue weighted by Gasteiger charge is -2.30. The molecule has 5 aromatic rings. The molecule has 3 aromatic carbocycles. The maximum atomic E-state index is 13.7. The SMILES string of the molecule is CC[C@H](c1nnnn1Cc1ccc(OC)cc1)N(Cc1ccc(F)cc1)Cc1cc2cc(C)ccc2[nH]c1=O. The lowest BCUT2D eigenvalue weighted by molar-refractivity contribution is 0.161. The Morgan fingerprint density at radius 3 is 2.46 bits per heavy atom. The minimum Gasteiger partial charge on any atom is -0.497 e. The molecule has 9 heteroatoms. The van der Waals surface area contributed by atoms with E-state index < -0.39 is 0 Å². The van der Waals surface area contributed by atoms with Crippen molar-refractivity contribution in [3.63, 3.8) is 0 Å². The van der Waals surface area contributed by atoms with Crippen molar-refractivity contribution in [2.24, 2.45) is 0 Å². The fraction of sp³-hybridized carbons (Fsp3) is 0.267. The van der Waals surface area contributed by atoms with Crippen molar-refractivity contribution in [2.45, 2.75) is 45.9 Å². The van der Waals surface area contributed by atoms with Gasteiger partial charge in [-0.25, -0.2) is 9.07 Å². The van der Waals surface area contributed by atoms with Crippen LogP contribution >= 0.6 is 0 Å². The summed E-state index contributed by atoms with van der Waals surface area (Å²) in [4.78, 5) is 18.3. The summed E-state index contributed by atoms with van der Waals surface area (Å²) in [6.07, 6.45) is 0.703. The topological polar surface area (TPSA) is 88.9 Å². The summed E-state index contributed by atoms with van der Waals surface area (Å²) in [6, 6.07) is 21.9. The molecular formula is C30H31FN6O2. The first-order valence-corrected chi connectivity index (χ1v) is 12.9. The second-order valence-corrected chi connectivity index (χ2v) is 9.71. The molecular weight excluding hydrogens is 495 g/mol. The van der Waals surface area contributed by atoms with Crippen molar-refractivity contribution < 1.29 is 9.13 Å². The number of rotatable bonds is 10. The summed E-state index contributed by atoms with van der Waals surface area (Å²) in [5, 5.41) is 13.7. The van der Waals surface area contributed by atoms with E-state index in [1.54, 1.807) is 23.9 Å². The Morgan fingerprint density at radius 1 is 1.00 bits per heavy atom. The number of fused-ring (bicyclic) bond motifs is 1. The van der Waals surface area contributed by atoms with Crippen LogP contribution < -0.4 is 10.3 Å². The number of pyridine rings is 1. The number of tetrazole rings is 1. The molecule has 0 saturated carbocycles. The van der Waals surface area contributed by atoms with E-state index in [9.17, 15) is 9.18 Å². The summed E-state index contributed by atoms with van der Waals surface area (Å²) in [5.74, 6) is 1.19. The van der Waals surface area contributed by atoms with Gasteiger partial charge in [0.05, 0.1) is 19.7 Å². The van der Waals surface area contributed by atoms with Crippen molar-refractivity contribution >= 4 is 10.9 Å². The highest BCUT2D eigenvalue weighted by molar-refractivity contribution is 5.79. The standard InChI is InChI=1S/C30H31FN6O2/c1-4-28(29-33-34-35-37(29)18-22-8-12-26(39-3)13-9-22)36(17-21-6-10-25(31)11-7-21)19-24-16-23-15-20(2)5-14-27(23)32-30(24)38/h5-16,28H,4,17-19H2,1-3H3,(H,32,38)/t28-/m1/s1. The average Bonchev–Trinajstić information content (AvgIpc) is 3.39. The number of H-pyrrole nitrogens is 1. The first-order valence-electron chi connectivity index (χ1n) is 12.9. The quantitative estimate of drug-likeness (QED) is 0.270. The van der Waals surface area contributed by atoms with Crippen molar-refractivity contribution in [3.8, 4) is 5.75 Å². The molecule has 0 aliphatic heterocycles. The third kappa shape index (κ3) is 6.04. The van der Waals surface area contributed by atoms with Gasteiger partial charge >= 0.3 is 0 Å². The third-order valence-corrected chi connectivity index (χ3v) is 6.93. The van der Waals surface area contributed by atoms with Gasteiger partial charge in [-0.3, -0.25) is 9.69 Å². The molecule has 0 spiro atoms. The van der Waals surface area contributed by atoms with Crippen LogP contribution in [0.5, 0.6) is 5.75 Å². The molecule has 1 N–H and O–H groups in total. The number of aryl methyl sites for hydroxylation is 1. The number of nitrogens with one attached hydrogen (secondary N) is 1. The monoisotopic (exact) mass is 526 g/mol. The fourth-order valence-electron chi connectivity index (χ4n) is 4.88. The van der Waals surface area contributed by atoms with Gasteiger partial charge in [0.25, 0.3) is 5.56 Å². The number of ether oxygens (including phenoxy) is 1. The van der Waals surface area contributed by atoms with Crippen LogP contribution in [0.1, 0.15) is 47.5 Å². The molecule has 0 aliphatic carbocycles. The summed E-state index contributed by atoms with van der Waals surface area (Å²) in [5.41, 5.74) is 4.39. The normalized spacial score (nSPS) is 12.2. The number of aromatic amines is 1. The van der Waals surface area contributed by atoms with E-state index in [4.69, 9.17) is 4.74 Å². The minimum absolute atomic E-state index is 0.136. The number of hydrogen-bond acceptors (Lipinski definition) is 6. The third-order valence-electron chi connectivity index (χ3n) is 6.93. The Bertz CT molecular complexity index is 1610. The molecule has 39 heavy (non-hydrogen) atoms. The Kier molecular flexibility index (Phi) is 7.79. The maximum Gasteiger partial charge on any atom is 0.252 e. The van der Waals surface area contributed by atoms with Gasteiger partial charge in [-0.05, 0) is 82.7 Å². The van der Waals surface area contributed by atoms with Gasteiger partial charge in [0.15, 0.2) is 5.82 Å². The van der Waals surface area contributed by atoms with E-state index in [2.05, 4.69) is 38.4 Å². The summed E-state index contributed by atoms with van der Waals surface area (Å²) < 4.78 is 20.7. The van der Waals surface area contributed by atoms with Gasteiger partial charge in [0, 0.05) is 24.2 Å². The van der Waals surface area contributed by atoms with Gasteiger partial charge in [-0.2, -0.15) is 0 Å². The molecule has 1 atom stereocenters. The summed E-state index contributed by atoms with van der Waals surface area (Å²) in [7, 11) is 1.64. The van der Waals surface area contributed by atoms with E-state index in [1.165, 1.54) is 12.1 Å². The highest BCUT2D eigenvalue weighted by Crippen LogP contribution is 2.27. The van der Waals surface area contributed by atoms with Crippen molar-refractivity contribution in [1.82, 2.24) is 30.1 Å². The maximum absolute atomic E-state index is 13.7. The summed E-state index contributed by atoms with van der Waals surface area (Å²) in [6.45, 7) is 5.44. The van der Waals surface area contributed by atoms with Crippen molar-refractivity contribution in [3.05, 3.63) is 117 Å². The number of aromatic nitrogens is 5. The van der Waals surface area contributed by atoms with Gasteiger partial charge in [0.2, 0.25) is 0 Å². The van der Waals surface area contributed by atoms with Crippen LogP contribution in [-0.2, 0) is 19.6 Å². The predicted molar refractivity (Wildman–Crippen MR) is 148 cm³/mol. The average molecular weight is 527 g/mol. The van der Waals surface area contributed by atoms with Crippen LogP contribution in [-0.4, -0.2) is 37.2 Å². The van der Waals surface area contributed by atoms with E-state index >= 15 is 0 Å². The van der Waals surface area contributed by atoms with E-state index in [0.29, 0.717) is 37.4 Å². The lowest BCUT2D eigenvalue weighted by atomic mass is 10.1. The molecule has 0 fully saturated rings. The molecule has 0 amide bonds. The Morgan fingerprint density at radius 2 is 1.74 bits per heavy atom. The van der Waals surface area contributed by atoms with E-state index in [1.807, 2.05) is 49.4 Å². The Hall–Kier alpha value is -4.37.